The lowest BCUT2D eigenvalue weighted by molar-refractivity contribution is 0.146. The van der Waals surface area contributed by atoms with Gasteiger partial charge in [0.15, 0.2) is 0 Å². The Morgan fingerprint density at radius 2 is 1.79 bits per heavy atom. The summed E-state index contributed by atoms with van der Waals surface area (Å²) in [5.41, 5.74) is 6.86. The molecular weight excluding hydrogens is 506 g/mol. The van der Waals surface area contributed by atoms with Crippen LogP contribution in [0, 0.1) is 18.8 Å². The first-order chi connectivity index (χ1) is 19.1. The van der Waals surface area contributed by atoms with E-state index in [-0.39, 0.29) is 5.92 Å². The summed E-state index contributed by atoms with van der Waals surface area (Å²) in [7, 11) is 1.68. The van der Waals surface area contributed by atoms with Gasteiger partial charge in [0.05, 0.1) is 18.2 Å². The molecule has 198 valence electrons. The Balaban J connectivity index is 1.27. The Morgan fingerprint density at radius 1 is 0.949 bits per heavy atom. The molecule has 5 rings (SSSR count). The number of fused-ring (bicyclic) bond motifs is 1. The number of rotatable bonds is 11. The summed E-state index contributed by atoms with van der Waals surface area (Å²) in [6.07, 6.45) is 0.736. The minimum atomic E-state index is 0.0696. The summed E-state index contributed by atoms with van der Waals surface area (Å²) in [6, 6.07) is 21.0. The van der Waals surface area contributed by atoms with Crippen LogP contribution in [-0.2, 0) is 11.3 Å². The fourth-order valence-electron chi connectivity index (χ4n) is 4.62. The second kappa shape index (κ2) is 12.7. The largest absolute Gasteiger partial charge is 0.491 e. The molecule has 2 heterocycles. The molecule has 0 saturated carbocycles. The van der Waals surface area contributed by atoms with Crippen molar-refractivity contribution in [3.63, 3.8) is 0 Å². The van der Waals surface area contributed by atoms with E-state index in [1.807, 2.05) is 25.1 Å². The normalized spacial score (nSPS) is 13.2. The van der Waals surface area contributed by atoms with Crippen LogP contribution in [0.1, 0.15) is 36.0 Å². The summed E-state index contributed by atoms with van der Waals surface area (Å²) >= 11 is 1.76. The standard InChI is InChI=1S/C32H31N3O3S/c1-4-5-25(18-26-19-33-35-34-26)24-7-9-27(10-8-24)38-20-23-6-13-32-30(17-23)31(21-39-32)29-12-11-28(16-22(29)2)37-15-14-36-3/h6-13,16-17,21,25H,14-15,18-20H2,1-3H3/t25-/m0/s1. The molecule has 0 unspecified atom stereocenters. The van der Waals surface area contributed by atoms with Gasteiger partial charge in [0.1, 0.15) is 31.3 Å². The molecule has 0 fully saturated rings. The van der Waals surface area contributed by atoms with Crippen molar-refractivity contribution >= 4 is 27.1 Å². The molecule has 0 radical (unpaired) electrons. The molecule has 0 aliphatic carbocycles. The van der Waals surface area contributed by atoms with Gasteiger partial charge in [-0.15, -0.1) is 22.4 Å². The molecule has 3 aromatic carbocycles. The van der Waals surface area contributed by atoms with Gasteiger partial charge in [0.2, 0.25) is 0 Å². The molecular formula is C32H31N3O3S. The molecule has 0 amide bonds. The molecule has 39 heavy (non-hydrogen) atoms. The average molecular weight is 538 g/mol. The topological polar surface area (TPSA) is 64.8 Å². The van der Waals surface area contributed by atoms with Gasteiger partial charge in [-0.2, -0.15) is 5.11 Å². The first kappa shape index (κ1) is 26.6. The number of aryl methyl sites for hydroxylation is 1. The highest BCUT2D eigenvalue weighted by atomic mass is 32.1. The number of benzene rings is 3. The quantitative estimate of drug-likeness (QED) is 0.145. The molecule has 1 aromatic heterocycles. The number of methoxy groups -OCH3 is 1. The molecule has 1 aliphatic heterocycles. The van der Waals surface area contributed by atoms with E-state index in [1.165, 1.54) is 26.8 Å². The van der Waals surface area contributed by atoms with Gasteiger partial charge in [-0.1, -0.05) is 30.2 Å². The maximum absolute atomic E-state index is 6.16. The summed E-state index contributed by atoms with van der Waals surface area (Å²) in [6.45, 7) is 6.16. The van der Waals surface area contributed by atoms with Crippen molar-refractivity contribution in [2.45, 2.75) is 32.8 Å². The van der Waals surface area contributed by atoms with E-state index >= 15 is 0 Å². The van der Waals surface area contributed by atoms with Gasteiger partial charge in [-0.05, 0) is 83.1 Å². The average Bonchev–Trinajstić information content (AvgIpc) is 3.62. The van der Waals surface area contributed by atoms with Crippen LogP contribution in [0.2, 0.25) is 0 Å². The fourth-order valence-corrected chi connectivity index (χ4v) is 5.56. The maximum Gasteiger partial charge on any atom is 0.119 e. The van der Waals surface area contributed by atoms with Crippen molar-refractivity contribution in [3.05, 3.63) is 82.7 Å². The van der Waals surface area contributed by atoms with Crippen LogP contribution in [-0.4, -0.2) is 32.6 Å². The highest BCUT2D eigenvalue weighted by molar-refractivity contribution is 7.17. The summed E-state index contributed by atoms with van der Waals surface area (Å²) in [5, 5.41) is 15.2. The zero-order chi connectivity index (χ0) is 27.0. The van der Waals surface area contributed by atoms with Crippen molar-refractivity contribution in [1.82, 2.24) is 0 Å². The Labute approximate surface area is 233 Å². The Morgan fingerprint density at radius 3 is 2.54 bits per heavy atom. The third-order valence-corrected chi connectivity index (χ3v) is 7.59. The number of nitrogens with zero attached hydrogens (tertiary/aromatic N) is 3. The SMILES string of the molecule is CC#C[C@@H](CC1=NN=NC1)c1ccc(OCc2ccc3scc(-c4ccc(OCCOC)cc4C)c3c2)cc1. The van der Waals surface area contributed by atoms with Crippen molar-refractivity contribution in [2.24, 2.45) is 15.4 Å². The van der Waals surface area contributed by atoms with E-state index in [9.17, 15) is 0 Å². The Bertz CT molecular complexity index is 1560. The van der Waals surface area contributed by atoms with Crippen molar-refractivity contribution in [1.29, 1.82) is 0 Å². The van der Waals surface area contributed by atoms with Crippen LogP contribution in [0.15, 0.2) is 81.5 Å². The van der Waals surface area contributed by atoms with Crippen LogP contribution >= 0.6 is 11.3 Å². The van der Waals surface area contributed by atoms with Crippen LogP contribution < -0.4 is 9.47 Å². The predicted molar refractivity (Wildman–Crippen MR) is 158 cm³/mol. The Kier molecular flexibility index (Phi) is 8.67. The van der Waals surface area contributed by atoms with E-state index in [1.54, 1.807) is 18.4 Å². The predicted octanol–water partition coefficient (Wildman–Crippen LogP) is 7.80. The summed E-state index contributed by atoms with van der Waals surface area (Å²) in [4.78, 5) is 0. The number of hydrogen-bond acceptors (Lipinski definition) is 7. The second-order valence-corrected chi connectivity index (χ2v) is 10.3. The molecule has 0 spiro atoms. The van der Waals surface area contributed by atoms with Crippen LogP contribution in [0.3, 0.4) is 0 Å². The van der Waals surface area contributed by atoms with Crippen molar-refractivity contribution in [2.75, 3.05) is 26.9 Å². The summed E-state index contributed by atoms with van der Waals surface area (Å²) < 4.78 is 18.3. The third-order valence-electron chi connectivity index (χ3n) is 6.63. The molecule has 6 nitrogen and oxygen atoms in total. The lowest BCUT2D eigenvalue weighted by Crippen LogP contribution is -2.07. The van der Waals surface area contributed by atoms with E-state index < -0.39 is 0 Å². The van der Waals surface area contributed by atoms with Gasteiger partial charge >= 0.3 is 0 Å². The summed E-state index contributed by atoms with van der Waals surface area (Å²) in [5.74, 6) is 8.09. The van der Waals surface area contributed by atoms with Crippen molar-refractivity contribution < 1.29 is 14.2 Å². The molecule has 1 aliphatic rings. The molecule has 0 saturated heterocycles. The second-order valence-electron chi connectivity index (χ2n) is 9.36. The van der Waals surface area contributed by atoms with Crippen LogP contribution in [0.4, 0.5) is 0 Å². The highest BCUT2D eigenvalue weighted by Gasteiger charge is 2.15. The number of ether oxygens (including phenoxy) is 3. The lowest BCUT2D eigenvalue weighted by atomic mass is 9.94. The van der Waals surface area contributed by atoms with Gasteiger partial charge in [0.25, 0.3) is 0 Å². The minimum Gasteiger partial charge on any atom is -0.491 e. The lowest BCUT2D eigenvalue weighted by Gasteiger charge is -2.12. The van der Waals surface area contributed by atoms with Gasteiger partial charge in [0, 0.05) is 29.2 Å². The van der Waals surface area contributed by atoms with E-state index in [4.69, 9.17) is 14.2 Å². The van der Waals surface area contributed by atoms with Gasteiger partial charge < -0.3 is 14.2 Å². The maximum atomic E-state index is 6.16. The smallest absolute Gasteiger partial charge is 0.119 e. The molecule has 0 N–H and O–H groups in total. The highest BCUT2D eigenvalue weighted by Crippen LogP contribution is 2.37. The number of thiophene rings is 1. The van der Waals surface area contributed by atoms with E-state index in [0.29, 0.717) is 26.4 Å². The minimum absolute atomic E-state index is 0.0696. The van der Waals surface area contributed by atoms with Crippen LogP contribution in [0.25, 0.3) is 21.2 Å². The van der Waals surface area contributed by atoms with E-state index in [2.05, 4.69) is 82.0 Å². The first-order valence-corrected chi connectivity index (χ1v) is 13.8. The first-order valence-electron chi connectivity index (χ1n) is 12.9. The molecule has 7 heteroatoms. The van der Waals surface area contributed by atoms with Crippen LogP contribution in [0.5, 0.6) is 11.5 Å². The third kappa shape index (κ3) is 6.54. The fraction of sp³-hybridized carbons (Fsp3) is 0.281. The molecule has 1 atom stereocenters. The van der Waals surface area contributed by atoms with Gasteiger partial charge in [-0.3, -0.25) is 0 Å². The number of hydrogen-bond donors (Lipinski definition) is 0. The zero-order valence-corrected chi connectivity index (χ0v) is 23.3. The van der Waals surface area contributed by atoms with Gasteiger partial charge in [-0.25, -0.2) is 0 Å². The zero-order valence-electron chi connectivity index (χ0n) is 22.4. The van der Waals surface area contributed by atoms with Crippen molar-refractivity contribution in [3.8, 4) is 34.5 Å². The molecule has 4 aromatic rings. The molecule has 0 bridgehead atoms. The monoisotopic (exact) mass is 537 g/mol. The Hall–Kier alpha value is -3.99. The van der Waals surface area contributed by atoms with E-state index in [0.717, 1.165) is 34.8 Å².